The Balaban J connectivity index is 2.16. The second-order valence-electron chi connectivity index (χ2n) is 4.33. The monoisotopic (exact) mass is 252 g/mol. The van der Waals surface area contributed by atoms with E-state index >= 15 is 0 Å². The van der Waals surface area contributed by atoms with Crippen molar-refractivity contribution < 1.29 is 13.9 Å². The van der Waals surface area contributed by atoms with Gasteiger partial charge in [-0.15, -0.1) is 0 Å². The highest BCUT2D eigenvalue weighted by Crippen LogP contribution is 2.25. The topological polar surface area (TPSA) is 41.6 Å². The Bertz CT molecular complexity index is 431. The summed E-state index contributed by atoms with van der Waals surface area (Å²) in [5.41, 5.74) is 1.09. The first-order chi connectivity index (χ1) is 8.70. The molecule has 5 heteroatoms. The summed E-state index contributed by atoms with van der Waals surface area (Å²) in [6.07, 6.45) is 2.88. The SMILES string of the molecule is COC(=O)Nc1cc(N2CCCCC2)ccc1F. The van der Waals surface area contributed by atoms with E-state index < -0.39 is 11.9 Å². The van der Waals surface area contributed by atoms with Gasteiger partial charge in [-0.2, -0.15) is 0 Å². The number of piperidine rings is 1. The number of carbonyl (C=O) groups excluding carboxylic acids is 1. The lowest BCUT2D eigenvalue weighted by Gasteiger charge is -2.29. The van der Waals surface area contributed by atoms with Crippen molar-refractivity contribution in [3.05, 3.63) is 24.0 Å². The van der Waals surface area contributed by atoms with Gasteiger partial charge in [0.25, 0.3) is 0 Å². The average Bonchev–Trinajstić information content (AvgIpc) is 2.42. The predicted molar refractivity (Wildman–Crippen MR) is 68.5 cm³/mol. The Kier molecular flexibility index (Phi) is 4.02. The third-order valence-electron chi connectivity index (χ3n) is 3.09. The van der Waals surface area contributed by atoms with E-state index in [1.807, 2.05) is 0 Å². The molecule has 0 aliphatic carbocycles. The van der Waals surface area contributed by atoms with Gasteiger partial charge in [-0.25, -0.2) is 9.18 Å². The maximum Gasteiger partial charge on any atom is 0.411 e. The molecule has 0 bridgehead atoms. The second kappa shape index (κ2) is 5.71. The molecule has 1 aromatic rings. The van der Waals surface area contributed by atoms with Crippen LogP contribution in [-0.2, 0) is 4.74 Å². The van der Waals surface area contributed by atoms with Crippen molar-refractivity contribution in [3.8, 4) is 0 Å². The predicted octanol–water partition coefficient (Wildman–Crippen LogP) is 2.99. The first kappa shape index (κ1) is 12.7. The number of rotatable bonds is 2. The number of amides is 1. The largest absolute Gasteiger partial charge is 0.453 e. The lowest BCUT2D eigenvalue weighted by atomic mass is 10.1. The lowest BCUT2D eigenvalue weighted by molar-refractivity contribution is 0.187. The Morgan fingerprint density at radius 3 is 2.72 bits per heavy atom. The zero-order valence-electron chi connectivity index (χ0n) is 10.4. The van der Waals surface area contributed by atoms with E-state index in [1.165, 1.54) is 19.6 Å². The summed E-state index contributed by atoms with van der Waals surface area (Å²) in [5.74, 6) is -0.457. The number of nitrogens with zero attached hydrogens (tertiary/aromatic N) is 1. The molecule has 0 aromatic heterocycles. The van der Waals surface area contributed by atoms with Crippen LogP contribution in [0.2, 0.25) is 0 Å². The Morgan fingerprint density at radius 2 is 2.06 bits per heavy atom. The van der Waals surface area contributed by atoms with Crippen LogP contribution in [0.5, 0.6) is 0 Å². The number of hydrogen-bond acceptors (Lipinski definition) is 3. The van der Waals surface area contributed by atoms with Crippen LogP contribution >= 0.6 is 0 Å². The fourth-order valence-electron chi connectivity index (χ4n) is 2.12. The van der Waals surface area contributed by atoms with Crippen molar-refractivity contribution >= 4 is 17.5 Å². The molecule has 0 saturated carbocycles. The number of nitrogens with one attached hydrogen (secondary N) is 1. The summed E-state index contributed by atoms with van der Waals surface area (Å²) in [7, 11) is 1.25. The van der Waals surface area contributed by atoms with Gasteiger partial charge in [0, 0.05) is 18.8 Å². The Hall–Kier alpha value is -1.78. The van der Waals surface area contributed by atoms with Crippen LogP contribution in [0.4, 0.5) is 20.6 Å². The highest BCUT2D eigenvalue weighted by Gasteiger charge is 2.14. The van der Waals surface area contributed by atoms with Crippen molar-refractivity contribution in [3.63, 3.8) is 0 Å². The minimum atomic E-state index is -0.662. The number of ether oxygens (including phenoxy) is 1. The minimum absolute atomic E-state index is 0.157. The molecule has 0 unspecified atom stereocenters. The van der Waals surface area contributed by atoms with E-state index in [4.69, 9.17) is 0 Å². The molecule has 1 fully saturated rings. The van der Waals surface area contributed by atoms with Crippen LogP contribution < -0.4 is 10.2 Å². The maximum atomic E-state index is 13.5. The average molecular weight is 252 g/mol. The molecule has 1 aromatic carbocycles. The normalized spacial score (nSPS) is 15.3. The van der Waals surface area contributed by atoms with Gasteiger partial charge in [-0.05, 0) is 37.5 Å². The molecular formula is C13H17FN2O2. The van der Waals surface area contributed by atoms with E-state index in [2.05, 4.69) is 15.0 Å². The van der Waals surface area contributed by atoms with Crippen LogP contribution in [0.15, 0.2) is 18.2 Å². The van der Waals surface area contributed by atoms with Crippen LogP contribution in [0, 0.1) is 5.82 Å². The van der Waals surface area contributed by atoms with Crippen molar-refractivity contribution in [2.45, 2.75) is 19.3 Å². The molecule has 1 aliphatic rings. The third-order valence-corrected chi connectivity index (χ3v) is 3.09. The lowest BCUT2D eigenvalue weighted by Crippen LogP contribution is -2.29. The zero-order chi connectivity index (χ0) is 13.0. The van der Waals surface area contributed by atoms with E-state index in [9.17, 15) is 9.18 Å². The number of anilines is 2. The minimum Gasteiger partial charge on any atom is -0.453 e. The van der Waals surface area contributed by atoms with Crippen molar-refractivity contribution in [2.75, 3.05) is 30.4 Å². The van der Waals surface area contributed by atoms with E-state index in [0.29, 0.717) is 0 Å². The number of hydrogen-bond donors (Lipinski definition) is 1. The summed E-state index contributed by atoms with van der Waals surface area (Å²) in [6.45, 7) is 1.95. The molecule has 1 amide bonds. The molecular weight excluding hydrogens is 235 g/mol. The summed E-state index contributed by atoms with van der Waals surface area (Å²) in [5, 5.41) is 2.38. The summed E-state index contributed by atoms with van der Waals surface area (Å²) in [6, 6.07) is 4.76. The molecule has 0 atom stereocenters. The highest BCUT2D eigenvalue weighted by molar-refractivity contribution is 5.85. The van der Waals surface area contributed by atoms with Crippen LogP contribution in [0.25, 0.3) is 0 Å². The summed E-state index contributed by atoms with van der Waals surface area (Å²) >= 11 is 0. The summed E-state index contributed by atoms with van der Waals surface area (Å²) in [4.78, 5) is 13.3. The quantitative estimate of drug-likeness (QED) is 0.879. The van der Waals surface area contributed by atoms with Crippen molar-refractivity contribution in [1.29, 1.82) is 0 Å². The standard InChI is InChI=1S/C13H17FN2O2/c1-18-13(17)15-12-9-10(5-6-11(12)14)16-7-3-2-4-8-16/h5-6,9H,2-4,7-8H2,1H3,(H,15,17). The van der Waals surface area contributed by atoms with Crippen molar-refractivity contribution in [2.24, 2.45) is 0 Å². The molecule has 1 aliphatic heterocycles. The van der Waals surface area contributed by atoms with E-state index in [0.717, 1.165) is 31.6 Å². The van der Waals surface area contributed by atoms with Gasteiger partial charge in [0.2, 0.25) is 0 Å². The molecule has 1 heterocycles. The zero-order valence-corrected chi connectivity index (χ0v) is 10.4. The Labute approximate surface area is 106 Å². The van der Waals surface area contributed by atoms with Gasteiger partial charge >= 0.3 is 6.09 Å². The Morgan fingerprint density at radius 1 is 1.33 bits per heavy atom. The molecule has 98 valence electrons. The first-order valence-electron chi connectivity index (χ1n) is 6.10. The van der Waals surface area contributed by atoms with Crippen molar-refractivity contribution in [1.82, 2.24) is 0 Å². The third kappa shape index (κ3) is 2.91. The van der Waals surface area contributed by atoms with Gasteiger partial charge < -0.3 is 9.64 Å². The molecule has 1 N–H and O–H groups in total. The van der Waals surface area contributed by atoms with E-state index in [1.54, 1.807) is 12.1 Å². The molecule has 0 radical (unpaired) electrons. The summed E-state index contributed by atoms with van der Waals surface area (Å²) < 4.78 is 18.0. The number of methoxy groups -OCH3 is 1. The van der Waals surface area contributed by atoms with Gasteiger partial charge in [-0.1, -0.05) is 0 Å². The molecule has 4 nitrogen and oxygen atoms in total. The van der Waals surface area contributed by atoms with Crippen LogP contribution in [0.1, 0.15) is 19.3 Å². The maximum absolute atomic E-state index is 13.5. The number of carbonyl (C=O) groups is 1. The number of benzene rings is 1. The van der Waals surface area contributed by atoms with Gasteiger partial charge in [0.15, 0.2) is 0 Å². The van der Waals surface area contributed by atoms with Crippen LogP contribution in [0.3, 0.4) is 0 Å². The van der Waals surface area contributed by atoms with Gasteiger partial charge in [0.05, 0.1) is 12.8 Å². The van der Waals surface area contributed by atoms with E-state index in [-0.39, 0.29) is 5.69 Å². The molecule has 2 rings (SSSR count). The fourth-order valence-corrected chi connectivity index (χ4v) is 2.12. The second-order valence-corrected chi connectivity index (χ2v) is 4.33. The number of halogens is 1. The fraction of sp³-hybridized carbons (Fsp3) is 0.462. The van der Waals surface area contributed by atoms with Gasteiger partial charge in [-0.3, -0.25) is 5.32 Å². The molecule has 1 saturated heterocycles. The highest BCUT2D eigenvalue weighted by atomic mass is 19.1. The van der Waals surface area contributed by atoms with Crippen LogP contribution in [-0.4, -0.2) is 26.3 Å². The van der Waals surface area contributed by atoms with Gasteiger partial charge in [0.1, 0.15) is 5.82 Å². The molecule has 0 spiro atoms. The first-order valence-corrected chi connectivity index (χ1v) is 6.10. The molecule has 18 heavy (non-hydrogen) atoms. The smallest absolute Gasteiger partial charge is 0.411 e.